The van der Waals surface area contributed by atoms with E-state index in [0.29, 0.717) is 6.61 Å². The molecule has 2 nitrogen and oxygen atoms in total. The molecule has 0 saturated heterocycles. The van der Waals surface area contributed by atoms with Gasteiger partial charge in [-0.15, -0.1) is 0 Å². The second-order valence-corrected chi connectivity index (χ2v) is 8.85. The Balaban J connectivity index is 1.99. The molecule has 134 valence electrons. The lowest BCUT2D eigenvalue weighted by atomic mass is 10.0. The molecule has 1 heterocycles. The number of rotatable bonds is 7. The number of aryl methyl sites for hydroxylation is 1. The first-order chi connectivity index (χ1) is 11.7. The first-order valence-electron chi connectivity index (χ1n) is 8.73. The van der Waals surface area contributed by atoms with Gasteiger partial charge in [0.05, 0.1) is 5.69 Å². The molecule has 2 aromatic rings. The fraction of sp³-hybridized carbons (Fsp3) is 0.409. The molecule has 0 amide bonds. The third-order valence-electron chi connectivity index (χ3n) is 4.13. The highest BCUT2D eigenvalue weighted by molar-refractivity contribution is 7.81. The van der Waals surface area contributed by atoms with Gasteiger partial charge in [-0.1, -0.05) is 61.9 Å². The van der Waals surface area contributed by atoms with E-state index in [2.05, 4.69) is 94.7 Å². The number of thiol groups is 1. The molecule has 2 rings (SSSR count). The largest absolute Gasteiger partial charge is 0.369 e. The van der Waals surface area contributed by atoms with Crippen molar-refractivity contribution < 1.29 is 4.74 Å². The van der Waals surface area contributed by atoms with Gasteiger partial charge in [-0.2, -0.15) is 12.6 Å². The Bertz CT molecular complexity index is 694. The molecule has 1 aromatic carbocycles. The van der Waals surface area contributed by atoms with Gasteiger partial charge < -0.3 is 4.74 Å². The van der Waals surface area contributed by atoms with Crippen molar-refractivity contribution in [2.45, 2.75) is 51.4 Å². The van der Waals surface area contributed by atoms with Gasteiger partial charge in [0, 0.05) is 17.6 Å². The van der Waals surface area contributed by atoms with Crippen molar-refractivity contribution >= 4 is 24.8 Å². The minimum Gasteiger partial charge on any atom is -0.369 e. The molecule has 0 aliphatic carbocycles. The lowest BCUT2D eigenvalue weighted by Gasteiger charge is -2.27. The zero-order valence-corrected chi connectivity index (χ0v) is 16.8. The Kier molecular flexibility index (Phi) is 6.47. The second kappa shape index (κ2) is 8.20. The van der Waals surface area contributed by atoms with Crippen molar-refractivity contribution in [2.75, 3.05) is 6.61 Å². The summed E-state index contributed by atoms with van der Waals surface area (Å²) < 4.78 is 6.02. The van der Waals surface area contributed by atoms with E-state index in [0.717, 1.165) is 17.7 Å². The minimum absolute atomic E-state index is 0.0197. The number of hydrogen-bond donors (Lipinski definition) is 1. The van der Waals surface area contributed by atoms with Crippen LogP contribution in [0.3, 0.4) is 0 Å². The summed E-state index contributed by atoms with van der Waals surface area (Å²) in [7, 11) is 0. The van der Waals surface area contributed by atoms with Crippen molar-refractivity contribution in [2.24, 2.45) is 0 Å². The lowest BCUT2D eigenvalue weighted by Crippen LogP contribution is -2.26. The summed E-state index contributed by atoms with van der Waals surface area (Å²) in [5, 5.41) is 0. The van der Waals surface area contributed by atoms with Crippen LogP contribution in [0.4, 0.5) is 0 Å². The molecule has 0 N–H and O–H groups in total. The van der Waals surface area contributed by atoms with Crippen LogP contribution in [-0.2, 0) is 10.3 Å². The zero-order chi connectivity index (χ0) is 18.5. The van der Waals surface area contributed by atoms with Gasteiger partial charge in [-0.05, 0) is 44.4 Å². The maximum absolute atomic E-state index is 6.04. The molecule has 0 aliphatic heterocycles. The first-order valence-corrected chi connectivity index (χ1v) is 9.18. The van der Waals surface area contributed by atoms with Crippen LogP contribution in [0, 0.1) is 6.92 Å². The number of pyridine rings is 1. The Labute approximate surface area is 157 Å². The van der Waals surface area contributed by atoms with Crippen molar-refractivity contribution in [3.63, 3.8) is 0 Å². The van der Waals surface area contributed by atoms with Gasteiger partial charge in [-0.25, -0.2) is 0 Å². The van der Waals surface area contributed by atoms with Crippen LogP contribution in [0.1, 0.15) is 56.5 Å². The van der Waals surface area contributed by atoms with E-state index in [9.17, 15) is 0 Å². The van der Waals surface area contributed by atoms with E-state index < -0.39 is 5.60 Å². The van der Waals surface area contributed by atoms with Crippen molar-refractivity contribution in [1.29, 1.82) is 0 Å². The number of aromatic nitrogens is 1. The van der Waals surface area contributed by atoms with Crippen LogP contribution < -0.4 is 0 Å². The summed E-state index contributed by atoms with van der Waals surface area (Å²) >= 11 is 4.54. The molecule has 0 aliphatic rings. The van der Waals surface area contributed by atoms with Gasteiger partial charge in [0.25, 0.3) is 0 Å². The van der Waals surface area contributed by atoms with Crippen molar-refractivity contribution in [3.8, 4) is 0 Å². The predicted molar refractivity (Wildman–Crippen MR) is 111 cm³/mol. The highest BCUT2D eigenvalue weighted by atomic mass is 32.1. The quantitative estimate of drug-likeness (QED) is 0.624. The molecule has 0 bridgehead atoms. The average Bonchev–Trinajstić information content (AvgIpc) is 2.53. The van der Waals surface area contributed by atoms with E-state index in [1.807, 2.05) is 12.3 Å². The molecule has 3 heteroatoms. The van der Waals surface area contributed by atoms with Crippen LogP contribution in [0.15, 0.2) is 42.6 Å². The van der Waals surface area contributed by atoms with Gasteiger partial charge in [0.1, 0.15) is 5.60 Å². The summed E-state index contributed by atoms with van der Waals surface area (Å²) in [4.78, 5) is 4.60. The summed E-state index contributed by atoms with van der Waals surface area (Å²) in [5.74, 6) is 0. The Morgan fingerprint density at radius 2 is 1.56 bits per heavy atom. The fourth-order valence-corrected chi connectivity index (χ4v) is 2.45. The van der Waals surface area contributed by atoms with Crippen LogP contribution in [0.2, 0.25) is 0 Å². The minimum atomic E-state index is -0.405. The molecular weight excluding hydrogens is 326 g/mol. The lowest BCUT2D eigenvalue weighted by molar-refractivity contribution is -0.0278. The first kappa shape index (κ1) is 19.7. The topological polar surface area (TPSA) is 22.1 Å². The maximum atomic E-state index is 6.04. The molecule has 0 spiro atoms. The van der Waals surface area contributed by atoms with Crippen LogP contribution in [-0.4, -0.2) is 16.3 Å². The summed E-state index contributed by atoms with van der Waals surface area (Å²) in [5.41, 5.74) is 4.08. The van der Waals surface area contributed by atoms with Crippen LogP contribution in [0.5, 0.6) is 0 Å². The number of nitrogens with zero attached hydrogens (tertiary/aromatic N) is 1. The molecule has 0 saturated carbocycles. The van der Waals surface area contributed by atoms with E-state index in [-0.39, 0.29) is 4.75 Å². The smallest absolute Gasteiger partial charge is 0.104 e. The summed E-state index contributed by atoms with van der Waals surface area (Å²) in [6.07, 6.45) is 6.98. The van der Waals surface area contributed by atoms with Crippen LogP contribution in [0.25, 0.3) is 12.2 Å². The standard InChI is InChI=1S/C22H29NOS/c1-17-6-8-18(9-7-17)10-11-19-12-13-20(23-16-19)22(4,5)24-15-14-21(2,3)25/h6-13,16,25H,14-15H2,1-5H3/b11-10+. The van der Waals surface area contributed by atoms with E-state index in [1.54, 1.807) is 0 Å². The number of ether oxygens (including phenoxy) is 1. The second-order valence-electron chi connectivity index (χ2n) is 7.64. The van der Waals surface area contributed by atoms with Crippen LogP contribution >= 0.6 is 12.6 Å². The number of benzene rings is 1. The fourth-order valence-electron chi connectivity index (χ4n) is 2.36. The van der Waals surface area contributed by atoms with Crippen molar-refractivity contribution in [1.82, 2.24) is 4.98 Å². The summed E-state index contributed by atoms with van der Waals surface area (Å²) in [6.45, 7) is 11.1. The average molecular weight is 356 g/mol. The van der Waals surface area contributed by atoms with Crippen molar-refractivity contribution in [3.05, 3.63) is 65.0 Å². The molecule has 0 unspecified atom stereocenters. The predicted octanol–water partition coefficient (Wildman–Crippen LogP) is 5.91. The molecule has 0 atom stereocenters. The van der Waals surface area contributed by atoms with E-state index in [4.69, 9.17) is 4.74 Å². The molecule has 1 aromatic heterocycles. The Morgan fingerprint density at radius 3 is 2.12 bits per heavy atom. The molecule has 25 heavy (non-hydrogen) atoms. The maximum Gasteiger partial charge on any atom is 0.104 e. The normalized spacial score (nSPS) is 12.7. The van der Waals surface area contributed by atoms with E-state index >= 15 is 0 Å². The van der Waals surface area contributed by atoms with Gasteiger partial charge in [-0.3, -0.25) is 4.98 Å². The highest BCUT2D eigenvalue weighted by Gasteiger charge is 2.23. The zero-order valence-electron chi connectivity index (χ0n) is 15.9. The Morgan fingerprint density at radius 1 is 0.960 bits per heavy atom. The SMILES string of the molecule is Cc1ccc(/C=C/c2ccc(C(C)(C)OCCC(C)(C)S)nc2)cc1. The Hall–Kier alpha value is -1.58. The molecule has 0 fully saturated rings. The van der Waals surface area contributed by atoms with Gasteiger partial charge in [0.2, 0.25) is 0 Å². The number of hydrogen-bond acceptors (Lipinski definition) is 3. The molecular formula is C22H29NOS. The highest BCUT2D eigenvalue weighted by Crippen LogP contribution is 2.25. The van der Waals surface area contributed by atoms with Gasteiger partial charge >= 0.3 is 0 Å². The van der Waals surface area contributed by atoms with E-state index in [1.165, 1.54) is 11.1 Å². The third-order valence-corrected chi connectivity index (χ3v) is 4.35. The van der Waals surface area contributed by atoms with Gasteiger partial charge in [0.15, 0.2) is 0 Å². The monoisotopic (exact) mass is 355 g/mol. The summed E-state index contributed by atoms with van der Waals surface area (Å²) in [6, 6.07) is 12.6. The third kappa shape index (κ3) is 6.68. The molecule has 0 radical (unpaired) electrons.